The largest absolute Gasteiger partial charge is 0.486 e. The van der Waals surface area contributed by atoms with Crippen LogP contribution in [0.1, 0.15) is 39.0 Å². The van der Waals surface area contributed by atoms with Crippen LogP contribution in [0.2, 0.25) is 0 Å². The summed E-state index contributed by atoms with van der Waals surface area (Å²) in [6, 6.07) is 3.73. The second-order valence-corrected chi connectivity index (χ2v) is 5.08. The number of hydrogen-bond donors (Lipinski definition) is 1. The second-order valence-electron chi connectivity index (χ2n) is 5.08. The quantitative estimate of drug-likeness (QED) is 0.881. The zero-order valence-electron chi connectivity index (χ0n) is 11.3. The van der Waals surface area contributed by atoms with E-state index in [1.165, 1.54) is 18.6 Å². The van der Waals surface area contributed by atoms with Crippen LogP contribution in [0.4, 0.5) is 8.78 Å². The summed E-state index contributed by atoms with van der Waals surface area (Å²) < 4.78 is 32.2. The lowest BCUT2D eigenvalue weighted by molar-refractivity contribution is 0.109. The molecule has 0 heterocycles. The molecule has 1 aliphatic carbocycles. The lowest BCUT2D eigenvalue weighted by atomic mass is 9.92. The van der Waals surface area contributed by atoms with Crippen LogP contribution in [0.5, 0.6) is 5.75 Å². The highest BCUT2D eigenvalue weighted by molar-refractivity contribution is 5.25. The van der Waals surface area contributed by atoms with Gasteiger partial charge in [-0.2, -0.15) is 0 Å². The van der Waals surface area contributed by atoms with Gasteiger partial charge in [0.05, 0.1) is 0 Å². The molecular weight excluding hydrogens is 248 g/mol. The van der Waals surface area contributed by atoms with Crippen LogP contribution in [-0.2, 0) is 0 Å². The van der Waals surface area contributed by atoms with Crippen molar-refractivity contribution in [1.29, 1.82) is 0 Å². The molecule has 0 aliphatic heterocycles. The third-order valence-corrected chi connectivity index (χ3v) is 3.53. The van der Waals surface area contributed by atoms with Gasteiger partial charge in [-0.05, 0) is 44.4 Å². The van der Waals surface area contributed by atoms with Gasteiger partial charge in [-0.1, -0.05) is 13.3 Å². The Labute approximate surface area is 113 Å². The smallest absolute Gasteiger partial charge is 0.167 e. The summed E-state index contributed by atoms with van der Waals surface area (Å²) in [5.74, 6) is -1.05. The average Bonchev–Trinajstić information content (AvgIpc) is 2.41. The van der Waals surface area contributed by atoms with Crippen molar-refractivity contribution in [2.24, 2.45) is 0 Å². The number of ether oxygens (including phenoxy) is 1. The van der Waals surface area contributed by atoms with E-state index in [1.54, 1.807) is 0 Å². The molecule has 1 aliphatic rings. The molecule has 0 amide bonds. The van der Waals surface area contributed by atoms with Gasteiger partial charge in [-0.3, -0.25) is 0 Å². The Morgan fingerprint density at radius 3 is 2.79 bits per heavy atom. The van der Waals surface area contributed by atoms with Gasteiger partial charge >= 0.3 is 0 Å². The molecule has 1 N–H and O–H groups in total. The van der Waals surface area contributed by atoms with Crippen LogP contribution < -0.4 is 10.1 Å². The molecule has 2 unspecified atom stereocenters. The van der Waals surface area contributed by atoms with Gasteiger partial charge in [-0.25, -0.2) is 8.78 Å². The van der Waals surface area contributed by atoms with Crippen LogP contribution in [0.15, 0.2) is 18.2 Å². The van der Waals surface area contributed by atoms with E-state index in [1.807, 2.05) is 0 Å². The molecule has 1 aromatic carbocycles. The van der Waals surface area contributed by atoms with Crippen molar-refractivity contribution in [3.8, 4) is 5.75 Å². The maximum atomic E-state index is 13.6. The topological polar surface area (TPSA) is 21.3 Å². The van der Waals surface area contributed by atoms with E-state index in [2.05, 4.69) is 12.2 Å². The molecule has 2 nitrogen and oxygen atoms in total. The second kappa shape index (κ2) is 6.85. The summed E-state index contributed by atoms with van der Waals surface area (Å²) in [4.78, 5) is 0. The highest BCUT2D eigenvalue weighted by atomic mass is 19.1. The maximum absolute atomic E-state index is 13.6. The molecule has 2 atom stereocenters. The summed E-state index contributed by atoms with van der Waals surface area (Å²) in [6.07, 6.45) is 5.27. The minimum Gasteiger partial charge on any atom is -0.486 e. The molecule has 0 spiro atoms. The first-order valence-electron chi connectivity index (χ1n) is 7.05. The van der Waals surface area contributed by atoms with Crippen LogP contribution in [0.3, 0.4) is 0 Å². The zero-order chi connectivity index (χ0) is 13.7. The normalized spacial score (nSPS) is 23.3. The number of hydrogen-bond acceptors (Lipinski definition) is 2. The van der Waals surface area contributed by atoms with Crippen LogP contribution in [0, 0.1) is 11.6 Å². The maximum Gasteiger partial charge on any atom is 0.167 e. The van der Waals surface area contributed by atoms with Gasteiger partial charge in [0.15, 0.2) is 11.6 Å². The van der Waals surface area contributed by atoms with E-state index < -0.39 is 11.6 Å². The van der Waals surface area contributed by atoms with Crippen molar-refractivity contribution < 1.29 is 13.5 Å². The molecule has 106 valence electrons. The van der Waals surface area contributed by atoms with E-state index in [-0.39, 0.29) is 17.9 Å². The van der Waals surface area contributed by atoms with Gasteiger partial charge in [0.25, 0.3) is 0 Å². The van der Waals surface area contributed by atoms with Crippen LogP contribution >= 0.6 is 0 Å². The van der Waals surface area contributed by atoms with Crippen molar-refractivity contribution in [3.63, 3.8) is 0 Å². The lowest BCUT2D eigenvalue weighted by Gasteiger charge is -2.32. The molecule has 2 rings (SSSR count). The molecule has 0 aromatic heterocycles. The van der Waals surface area contributed by atoms with E-state index in [0.717, 1.165) is 38.3 Å². The number of rotatable bonds is 5. The lowest BCUT2D eigenvalue weighted by Crippen LogP contribution is -2.45. The average molecular weight is 269 g/mol. The van der Waals surface area contributed by atoms with Crippen molar-refractivity contribution in [3.05, 3.63) is 29.8 Å². The summed E-state index contributed by atoms with van der Waals surface area (Å²) in [5, 5.41) is 3.45. The van der Waals surface area contributed by atoms with E-state index in [0.29, 0.717) is 0 Å². The van der Waals surface area contributed by atoms with Crippen molar-refractivity contribution in [2.45, 2.75) is 51.2 Å². The number of halogens is 2. The highest BCUT2D eigenvalue weighted by Crippen LogP contribution is 2.26. The zero-order valence-corrected chi connectivity index (χ0v) is 11.3. The Bertz CT molecular complexity index is 411. The van der Waals surface area contributed by atoms with Gasteiger partial charge in [0.2, 0.25) is 0 Å². The van der Waals surface area contributed by atoms with Crippen LogP contribution in [0.25, 0.3) is 0 Å². The third kappa shape index (κ3) is 3.90. The van der Waals surface area contributed by atoms with Crippen molar-refractivity contribution >= 4 is 0 Å². The van der Waals surface area contributed by atoms with Crippen molar-refractivity contribution in [1.82, 2.24) is 5.32 Å². The first-order chi connectivity index (χ1) is 9.20. The van der Waals surface area contributed by atoms with Gasteiger partial charge in [-0.15, -0.1) is 0 Å². The SMILES string of the molecule is CCCNC1CCCCC1Oc1ccc(F)cc1F. The highest BCUT2D eigenvalue weighted by Gasteiger charge is 2.26. The number of benzene rings is 1. The molecule has 0 radical (unpaired) electrons. The van der Waals surface area contributed by atoms with Crippen LogP contribution in [-0.4, -0.2) is 18.7 Å². The van der Waals surface area contributed by atoms with E-state index >= 15 is 0 Å². The first-order valence-corrected chi connectivity index (χ1v) is 7.05. The molecule has 1 aromatic rings. The van der Waals surface area contributed by atoms with Crippen molar-refractivity contribution in [2.75, 3.05) is 6.54 Å². The summed E-state index contributed by atoms with van der Waals surface area (Å²) >= 11 is 0. The summed E-state index contributed by atoms with van der Waals surface area (Å²) in [7, 11) is 0. The predicted molar refractivity (Wildman–Crippen MR) is 71.3 cm³/mol. The Morgan fingerprint density at radius 1 is 1.26 bits per heavy atom. The van der Waals surface area contributed by atoms with Gasteiger partial charge in [0.1, 0.15) is 11.9 Å². The molecule has 19 heavy (non-hydrogen) atoms. The molecule has 0 bridgehead atoms. The Morgan fingerprint density at radius 2 is 2.05 bits per heavy atom. The third-order valence-electron chi connectivity index (χ3n) is 3.53. The van der Waals surface area contributed by atoms with Gasteiger partial charge in [0, 0.05) is 12.1 Å². The molecule has 1 fully saturated rings. The molecule has 4 heteroatoms. The minimum atomic E-state index is -0.625. The first kappa shape index (κ1) is 14.3. The fourth-order valence-electron chi connectivity index (χ4n) is 2.54. The fourth-order valence-corrected chi connectivity index (χ4v) is 2.54. The summed E-state index contributed by atoms with van der Waals surface area (Å²) in [5.41, 5.74) is 0. The standard InChI is InChI=1S/C15H21F2NO/c1-2-9-18-13-5-3-4-6-15(13)19-14-8-7-11(16)10-12(14)17/h7-8,10,13,15,18H,2-6,9H2,1H3. The molecule has 0 saturated heterocycles. The monoisotopic (exact) mass is 269 g/mol. The van der Waals surface area contributed by atoms with E-state index in [4.69, 9.17) is 4.74 Å². The van der Waals surface area contributed by atoms with E-state index in [9.17, 15) is 8.78 Å². The number of nitrogens with one attached hydrogen (secondary N) is 1. The van der Waals surface area contributed by atoms with Gasteiger partial charge < -0.3 is 10.1 Å². The molecule has 1 saturated carbocycles. The minimum absolute atomic E-state index is 0.0275. The Kier molecular flexibility index (Phi) is 5.14. The Hall–Kier alpha value is -1.16. The Balaban J connectivity index is 2.02. The fraction of sp³-hybridized carbons (Fsp3) is 0.600. The summed E-state index contributed by atoms with van der Waals surface area (Å²) in [6.45, 7) is 3.06. The predicted octanol–water partition coefficient (Wildman–Crippen LogP) is 3.65. The molecular formula is C15H21F2NO.